The highest BCUT2D eigenvalue weighted by Crippen LogP contribution is 2.32. The summed E-state index contributed by atoms with van der Waals surface area (Å²) in [7, 11) is 1.79. The summed E-state index contributed by atoms with van der Waals surface area (Å²) >= 11 is 1.19. The lowest BCUT2D eigenvalue weighted by molar-refractivity contribution is -0.384. The van der Waals surface area contributed by atoms with Crippen molar-refractivity contribution in [1.29, 1.82) is 0 Å². The molecule has 3 rings (SSSR count). The Hall–Kier alpha value is -4.70. The van der Waals surface area contributed by atoms with Gasteiger partial charge in [-0.2, -0.15) is 11.8 Å². The third-order valence-corrected chi connectivity index (χ3v) is 8.69. The molecule has 1 aliphatic rings. The number of hydrogen-bond acceptors (Lipinski definition) is 9. The van der Waals surface area contributed by atoms with Crippen LogP contribution in [0.3, 0.4) is 0 Å². The number of rotatable bonds is 15. The van der Waals surface area contributed by atoms with E-state index in [2.05, 4.69) is 21.3 Å². The summed E-state index contributed by atoms with van der Waals surface area (Å²) in [6.07, 6.45) is 0.686. The third kappa shape index (κ3) is 11.8. The minimum absolute atomic E-state index is 0.0194. The van der Waals surface area contributed by atoms with Crippen LogP contribution in [0.5, 0.6) is 0 Å². The van der Waals surface area contributed by atoms with E-state index < -0.39 is 46.9 Å². The highest BCUT2D eigenvalue weighted by molar-refractivity contribution is 7.99. The average Bonchev–Trinajstić information content (AvgIpc) is 3.38. The minimum Gasteiger partial charge on any atom is -0.480 e. The molecule has 16 heteroatoms. The SMILES string of the molecule is CN1CC(c2ccc(NC(=O)Nc3ccc([N+](=O)[O-])cc3)cc2)CC1C(=O)NC(CCSCC(NC(=O)CC(C)(C)C)C(=O)O)C(=O)O. The number of carboxylic acids is 2. The van der Waals surface area contributed by atoms with Crippen LogP contribution in [0.2, 0.25) is 0 Å². The van der Waals surface area contributed by atoms with Crippen LogP contribution in [0.1, 0.15) is 51.5 Å². The fourth-order valence-corrected chi connectivity index (χ4v) is 6.21. The van der Waals surface area contributed by atoms with Crippen LogP contribution in [-0.4, -0.2) is 93.0 Å². The van der Waals surface area contributed by atoms with Crippen LogP contribution in [-0.2, 0) is 19.2 Å². The zero-order valence-corrected chi connectivity index (χ0v) is 28.0. The van der Waals surface area contributed by atoms with Gasteiger partial charge in [0.1, 0.15) is 12.1 Å². The molecule has 1 fully saturated rings. The van der Waals surface area contributed by atoms with Crippen molar-refractivity contribution in [1.82, 2.24) is 15.5 Å². The Labute approximate surface area is 282 Å². The molecule has 2 aromatic carbocycles. The molecular formula is C32H42N6O9S. The maximum absolute atomic E-state index is 13.2. The Bertz CT molecular complexity index is 1480. The molecule has 48 heavy (non-hydrogen) atoms. The smallest absolute Gasteiger partial charge is 0.327 e. The van der Waals surface area contributed by atoms with E-state index in [4.69, 9.17) is 0 Å². The molecule has 0 radical (unpaired) electrons. The normalized spacial score (nSPS) is 17.5. The Morgan fingerprint density at radius 2 is 1.50 bits per heavy atom. The van der Waals surface area contributed by atoms with Gasteiger partial charge in [0.05, 0.1) is 11.0 Å². The van der Waals surface area contributed by atoms with Gasteiger partial charge in [0.15, 0.2) is 0 Å². The number of nitrogens with zero attached hydrogens (tertiary/aromatic N) is 2. The summed E-state index contributed by atoms with van der Waals surface area (Å²) in [6, 6.07) is 9.19. The van der Waals surface area contributed by atoms with E-state index in [1.165, 1.54) is 36.0 Å². The van der Waals surface area contributed by atoms with Crippen molar-refractivity contribution in [2.75, 3.05) is 35.7 Å². The number of aliphatic carboxylic acids is 2. The van der Waals surface area contributed by atoms with Gasteiger partial charge in [-0.3, -0.25) is 24.6 Å². The van der Waals surface area contributed by atoms with Gasteiger partial charge in [0, 0.05) is 42.2 Å². The van der Waals surface area contributed by atoms with Crippen LogP contribution < -0.4 is 21.3 Å². The van der Waals surface area contributed by atoms with E-state index >= 15 is 0 Å². The summed E-state index contributed by atoms with van der Waals surface area (Å²) < 4.78 is 0. The average molecular weight is 687 g/mol. The summed E-state index contributed by atoms with van der Waals surface area (Å²) in [6.45, 7) is 6.16. The highest BCUT2D eigenvalue weighted by Gasteiger charge is 2.36. The third-order valence-electron chi connectivity index (χ3n) is 7.60. The number of hydrogen-bond donors (Lipinski definition) is 6. The molecule has 4 unspecified atom stereocenters. The number of carbonyl (C=O) groups excluding carboxylic acids is 3. The number of anilines is 2. The van der Waals surface area contributed by atoms with Crippen LogP contribution >= 0.6 is 11.8 Å². The second-order valence-corrected chi connectivity index (χ2v) is 14.0. The number of thioether (sulfide) groups is 1. The molecule has 260 valence electrons. The van der Waals surface area contributed by atoms with Crippen molar-refractivity contribution in [3.63, 3.8) is 0 Å². The molecule has 4 amide bonds. The topological polar surface area (TPSA) is 220 Å². The number of carbonyl (C=O) groups is 5. The molecule has 1 heterocycles. The molecular weight excluding hydrogens is 644 g/mol. The van der Waals surface area contributed by atoms with E-state index in [1.807, 2.05) is 37.8 Å². The quantitative estimate of drug-likeness (QED) is 0.0900. The number of benzene rings is 2. The van der Waals surface area contributed by atoms with Crippen molar-refractivity contribution in [3.05, 3.63) is 64.2 Å². The van der Waals surface area contributed by atoms with Gasteiger partial charge in [0.2, 0.25) is 11.8 Å². The standard InChI is InChI=1S/C32H42N6O9S/c1-32(2,3)16-27(39)35-25(30(43)44)18-48-14-13-24(29(41)42)36-28(40)26-15-20(17-37(26)4)19-5-7-21(8-6-19)33-31(45)34-22-9-11-23(12-10-22)38(46)47/h5-12,20,24-26H,13-18H2,1-4H3,(H,35,39)(H,36,40)(H,41,42)(H,43,44)(H2,33,34,45). The van der Waals surface area contributed by atoms with Crippen molar-refractivity contribution in [2.45, 2.75) is 64.1 Å². The number of nitro groups is 1. The predicted molar refractivity (Wildman–Crippen MR) is 181 cm³/mol. The molecule has 0 bridgehead atoms. The molecule has 15 nitrogen and oxygen atoms in total. The molecule has 0 saturated carbocycles. The molecule has 2 aromatic rings. The Morgan fingerprint density at radius 1 is 0.938 bits per heavy atom. The van der Waals surface area contributed by atoms with Crippen molar-refractivity contribution in [2.24, 2.45) is 5.41 Å². The number of nitro benzene ring substituents is 1. The molecule has 0 aliphatic carbocycles. The number of urea groups is 1. The lowest BCUT2D eigenvalue weighted by Gasteiger charge is -2.22. The molecule has 0 aromatic heterocycles. The summed E-state index contributed by atoms with van der Waals surface area (Å²) in [4.78, 5) is 73.4. The lowest BCUT2D eigenvalue weighted by Crippen LogP contribution is -2.48. The van der Waals surface area contributed by atoms with Crippen molar-refractivity contribution in [3.8, 4) is 0 Å². The van der Waals surface area contributed by atoms with Crippen LogP contribution in [0, 0.1) is 15.5 Å². The monoisotopic (exact) mass is 686 g/mol. The second kappa shape index (κ2) is 16.9. The van der Waals surface area contributed by atoms with Crippen LogP contribution in [0.15, 0.2) is 48.5 Å². The van der Waals surface area contributed by atoms with E-state index in [0.29, 0.717) is 24.3 Å². The fraction of sp³-hybridized carbons (Fsp3) is 0.469. The van der Waals surface area contributed by atoms with Gasteiger partial charge < -0.3 is 31.5 Å². The zero-order valence-electron chi connectivity index (χ0n) is 27.2. The van der Waals surface area contributed by atoms with Gasteiger partial charge in [-0.25, -0.2) is 14.4 Å². The van der Waals surface area contributed by atoms with Gasteiger partial charge in [-0.1, -0.05) is 32.9 Å². The number of likely N-dealkylation sites (N-methyl/N-ethyl adjacent to an activating group) is 1. The molecule has 1 saturated heterocycles. The lowest BCUT2D eigenvalue weighted by atomic mass is 9.92. The predicted octanol–water partition coefficient (Wildman–Crippen LogP) is 3.72. The second-order valence-electron chi connectivity index (χ2n) is 12.9. The summed E-state index contributed by atoms with van der Waals surface area (Å²) in [5.74, 6) is -2.88. The minimum atomic E-state index is -1.20. The number of nitrogens with one attached hydrogen (secondary N) is 4. The van der Waals surface area contributed by atoms with E-state index in [1.54, 1.807) is 19.2 Å². The summed E-state index contributed by atoms with van der Waals surface area (Å²) in [5, 5.41) is 40.5. The highest BCUT2D eigenvalue weighted by atomic mass is 32.2. The summed E-state index contributed by atoms with van der Waals surface area (Å²) in [5.41, 5.74) is 1.45. The Balaban J connectivity index is 1.48. The van der Waals surface area contributed by atoms with E-state index in [-0.39, 0.29) is 47.3 Å². The maximum atomic E-state index is 13.2. The zero-order chi connectivity index (χ0) is 35.6. The first-order valence-electron chi connectivity index (χ1n) is 15.3. The first-order valence-corrected chi connectivity index (χ1v) is 16.4. The Kier molecular flexibility index (Phi) is 13.3. The molecule has 6 N–H and O–H groups in total. The first kappa shape index (κ1) is 37.8. The van der Waals surface area contributed by atoms with Crippen LogP contribution in [0.25, 0.3) is 0 Å². The van der Waals surface area contributed by atoms with Crippen molar-refractivity contribution >= 4 is 58.6 Å². The molecule has 4 atom stereocenters. The largest absolute Gasteiger partial charge is 0.480 e. The van der Waals surface area contributed by atoms with E-state index in [9.17, 15) is 44.3 Å². The van der Waals surface area contributed by atoms with Gasteiger partial charge in [-0.15, -0.1) is 0 Å². The van der Waals surface area contributed by atoms with Gasteiger partial charge in [-0.05, 0) is 66.8 Å². The Morgan fingerprint density at radius 3 is 2.02 bits per heavy atom. The number of amides is 4. The van der Waals surface area contributed by atoms with Crippen molar-refractivity contribution < 1.29 is 39.1 Å². The molecule has 1 aliphatic heterocycles. The number of carboxylic acid groups (broad SMARTS) is 2. The van der Waals surface area contributed by atoms with E-state index in [0.717, 1.165) is 5.56 Å². The van der Waals surface area contributed by atoms with Crippen LogP contribution in [0.4, 0.5) is 21.9 Å². The number of likely N-dealkylation sites (tertiary alicyclic amines) is 1. The van der Waals surface area contributed by atoms with Gasteiger partial charge in [0.25, 0.3) is 5.69 Å². The fourth-order valence-electron chi connectivity index (χ4n) is 5.18. The number of non-ortho nitro benzene ring substituents is 1. The molecule has 0 spiro atoms. The van der Waals surface area contributed by atoms with Gasteiger partial charge >= 0.3 is 18.0 Å². The first-order chi connectivity index (χ1) is 22.5. The maximum Gasteiger partial charge on any atom is 0.327 e.